The van der Waals surface area contributed by atoms with Crippen LogP contribution in [0.2, 0.25) is 0 Å². The summed E-state index contributed by atoms with van der Waals surface area (Å²) in [6.45, 7) is 0.0496. The van der Waals surface area contributed by atoms with Gasteiger partial charge in [-0.2, -0.15) is 5.01 Å². The van der Waals surface area contributed by atoms with Gasteiger partial charge in [-0.3, -0.25) is 19.8 Å². The van der Waals surface area contributed by atoms with Gasteiger partial charge in [-0.25, -0.2) is 9.97 Å². The summed E-state index contributed by atoms with van der Waals surface area (Å²) in [5.74, 6) is -1.90. The molecule has 4 rings (SSSR count). The Labute approximate surface area is 183 Å². The number of aromatic nitrogens is 3. The number of imidazole rings is 1. The third-order valence-electron chi connectivity index (χ3n) is 4.71. The van der Waals surface area contributed by atoms with Gasteiger partial charge in [0.15, 0.2) is 5.16 Å². The number of halogens is 1. The van der Waals surface area contributed by atoms with E-state index in [1.165, 1.54) is 25.1 Å². The number of rotatable bonds is 5. The van der Waals surface area contributed by atoms with Crippen molar-refractivity contribution in [3.63, 3.8) is 0 Å². The number of amides is 3. The molecule has 1 aliphatic heterocycles. The zero-order chi connectivity index (χ0) is 21.6. The molecule has 0 aliphatic carbocycles. The van der Waals surface area contributed by atoms with Crippen molar-refractivity contribution in [3.05, 3.63) is 51.4 Å². The van der Waals surface area contributed by atoms with E-state index in [0.717, 1.165) is 9.48 Å². The predicted molar refractivity (Wildman–Crippen MR) is 113 cm³/mol. The van der Waals surface area contributed by atoms with Crippen LogP contribution in [0.15, 0.2) is 34.0 Å². The first-order chi connectivity index (χ1) is 14.4. The van der Waals surface area contributed by atoms with Crippen molar-refractivity contribution < 1.29 is 19.1 Å². The number of imide groups is 1. The van der Waals surface area contributed by atoms with Crippen LogP contribution >= 0.6 is 27.7 Å². The van der Waals surface area contributed by atoms with Crippen LogP contribution in [0, 0.1) is 0 Å². The molecule has 1 N–H and O–H groups in total. The fourth-order valence-corrected chi connectivity index (χ4v) is 4.24. The van der Waals surface area contributed by atoms with Crippen molar-refractivity contribution in [1.29, 1.82) is 0 Å². The van der Waals surface area contributed by atoms with E-state index in [9.17, 15) is 14.4 Å². The van der Waals surface area contributed by atoms with Gasteiger partial charge in [-0.05, 0) is 24.5 Å². The summed E-state index contributed by atoms with van der Waals surface area (Å²) in [6.07, 6.45) is 3.23. The summed E-state index contributed by atoms with van der Waals surface area (Å²) in [5, 5.41) is 1.87. The number of nitrogens with one attached hydrogen (secondary N) is 1. The molecule has 0 fully saturated rings. The maximum absolute atomic E-state index is 13.2. The topological polar surface area (TPSA) is 106 Å². The molecular weight excluding hydrogens is 474 g/mol. The first-order valence-corrected chi connectivity index (χ1v) is 10.8. The molecule has 3 amide bonds. The van der Waals surface area contributed by atoms with E-state index >= 15 is 0 Å². The van der Waals surface area contributed by atoms with E-state index in [2.05, 4.69) is 31.3 Å². The zero-order valence-corrected chi connectivity index (χ0v) is 18.6. The Bertz CT molecular complexity index is 1230. The molecule has 154 valence electrons. The second-order valence-electron chi connectivity index (χ2n) is 6.48. The quantitative estimate of drug-likeness (QED) is 0.433. The second-order valence-corrected chi connectivity index (χ2v) is 8.17. The van der Waals surface area contributed by atoms with Crippen LogP contribution in [0.25, 0.3) is 10.9 Å². The molecule has 1 aliphatic rings. The molecule has 0 unspecified atom stereocenters. The monoisotopic (exact) mass is 489 g/mol. The van der Waals surface area contributed by atoms with Gasteiger partial charge in [0.1, 0.15) is 5.69 Å². The van der Waals surface area contributed by atoms with Crippen molar-refractivity contribution in [3.8, 4) is 0 Å². The molecule has 1 aromatic carbocycles. The smallest absolute Gasteiger partial charge is 0.288 e. The molecule has 0 spiro atoms. The van der Waals surface area contributed by atoms with E-state index in [-0.39, 0.29) is 23.4 Å². The number of fused-ring (bicyclic) bond motifs is 3. The van der Waals surface area contributed by atoms with Gasteiger partial charge in [-0.15, -0.1) is 0 Å². The van der Waals surface area contributed by atoms with E-state index in [1.807, 2.05) is 6.26 Å². The highest BCUT2D eigenvalue weighted by atomic mass is 79.9. The van der Waals surface area contributed by atoms with E-state index in [1.54, 1.807) is 29.8 Å². The molecule has 3 heterocycles. The van der Waals surface area contributed by atoms with E-state index in [4.69, 9.17) is 4.74 Å². The normalized spacial score (nSPS) is 13.3. The molecule has 0 radical (unpaired) electrons. The number of hydrazine groups is 1. The Balaban J connectivity index is 1.78. The van der Waals surface area contributed by atoms with Crippen molar-refractivity contribution in [2.45, 2.75) is 11.8 Å². The summed E-state index contributed by atoms with van der Waals surface area (Å²) in [7, 11) is 3.16. The van der Waals surface area contributed by atoms with Gasteiger partial charge in [0, 0.05) is 24.0 Å². The number of benzene rings is 1. The van der Waals surface area contributed by atoms with Crippen LogP contribution in [0.4, 0.5) is 0 Å². The van der Waals surface area contributed by atoms with Gasteiger partial charge in [0.25, 0.3) is 17.7 Å². The second kappa shape index (κ2) is 7.82. The standard InChI is InChI=1S/C19H16BrN5O4S/c1-24-13(7-21-19(24)30-3)16(26)23-25-17(27)14-10-6-9(20)4-5-11(10)22-12(8-29-2)15(14)18(25)28/h4-7H,8H2,1-3H3,(H,23,26). The van der Waals surface area contributed by atoms with Crippen LogP contribution < -0.4 is 5.43 Å². The summed E-state index contributed by atoms with van der Waals surface area (Å²) in [6, 6.07) is 5.27. The van der Waals surface area contributed by atoms with Crippen molar-refractivity contribution in [1.82, 2.24) is 25.0 Å². The first kappa shape index (κ1) is 20.5. The number of pyridine rings is 1. The lowest BCUT2D eigenvalue weighted by molar-refractivity contribution is 0.0514. The highest BCUT2D eigenvalue weighted by Crippen LogP contribution is 2.32. The van der Waals surface area contributed by atoms with Crippen molar-refractivity contribution in [2.24, 2.45) is 7.05 Å². The molecule has 0 saturated heterocycles. The molecule has 11 heteroatoms. The number of ether oxygens (including phenoxy) is 1. The summed E-state index contributed by atoms with van der Waals surface area (Å²) >= 11 is 4.76. The number of hydrogen-bond acceptors (Lipinski definition) is 7. The van der Waals surface area contributed by atoms with Gasteiger partial charge in [0.05, 0.1) is 35.1 Å². The molecule has 2 aromatic heterocycles. The Morgan fingerprint density at radius 3 is 2.67 bits per heavy atom. The minimum absolute atomic E-state index is 0.0496. The van der Waals surface area contributed by atoms with Crippen LogP contribution in [0.3, 0.4) is 0 Å². The Morgan fingerprint density at radius 2 is 2.00 bits per heavy atom. The Morgan fingerprint density at radius 1 is 1.27 bits per heavy atom. The average Bonchev–Trinajstić information content (AvgIpc) is 3.21. The fourth-order valence-electron chi connectivity index (χ4n) is 3.35. The summed E-state index contributed by atoms with van der Waals surface area (Å²) in [4.78, 5) is 47.7. The number of nitrogens with zero attached hydrogens (tertiary/aromatic N) is 4. The third kappa shape index (κ3) is 3.18. The van der Waals surface area contributed by atoms with Crippen LogP contribution in [0.5, 0.6) is 0 Å². The Kier molecular flexibility index (Phi) is 5.35. The Hall–Kier alpha value is -2.76. The number of hydrogen-bond donors (Lipinski definition) is 1. The van der Waals surface area contributed by atoms with Gasteiger partial charge >= 0.3 is 0 Å². The maximum Gasteiger partial charge on any atom is 0.288 e. The van der Waals surface area contributed by atoms with Crippen molar-refractivity contribution >= 4 is 56.3 Å². The average molecular weight is 490 g/mol. The van der Waals surface area contributed by atoms with E-state index in [0.29, 0.717) is 21.8 Å². The number of carbonyl (C=O) groups excluding carboxylic acids is 3. The fraction of sp³-hybridized carbons (Fsp3) is 0.211. The lowest BCUT2D eigenvalue weighted by Crippen LogP contribution is -2.46. The minimum Gasteiger partial charge on any atom is -0.378 e. The minimum atomic E-state index is -0.656. The number of methoxy groups -OCH3 is 1. The lowest BCUT2D eigenvalue weighted by Gasteiger charge is -2.15. The molecule has 9 nitrogen and oxygen atoms in total. The lowest BCUT2D eigenvalue weighted by atomic mass is 10.0. The summed E-state index contributed by atoms with van der Waals surface area (Å²) in [5.41, 5.74) is 3.84. The molecule has 0 atom stereocenters. The molecule has 0 bridgehead atoms. The summed E-state index contributed by atoms with van der Waals surface area (Å²) < 4.78 is 7.49. The maximum atomic E-state index is 13.2. The van der Waals surface area contributed by atoms with Gasteiger partial charge < -0.3 is 9.30 Å². The van der Waals surface area contributed by atoms with Gasteiger partial charge in [-0.1, -0.05) is 27.7 Å². The predicted octanol–water partition coefficient (Wildman–Crippen LogP) is 2.54. The molecule has 0 saturated carbocycles. The molecule has 30 heavy (non-hydrogen) atoms. The highest BCUT2D eigenvalue weighted by Gasteiger charge is 2.41. The van der Waals surface area contributed by atoms with E-state index < -0.39 is 17.7 Å². The third-order valence-corrected chi connectivity index (χ3v) is 5.95. The van der Waals surface area contributed by atoms with Crippen LogP contribution in [0.1, 0.15) is 36.9 Å². The first-order valence-electron chi connectivity index (χ1n) is 8.74. The zero-order valence-electron chi connectivity index (χ0n) is 16.2. The van der Waals surface area contributed by atoms with Crippen LogP contribution in [-0.2, 0) is 18.4 Å². The molecular formula is C19H16BrN5O4S. The highest BCUT2D eigenvalue weighted by molar-refractivity contribution is 9.10. The SMILES string of the molecule is COCc1nc2ccc(Br)cc2c2c1C(=O)N(NC(=O)c1cnc(SC)n1C)C2=O. The number of carbonyl (C=O) groups is 3. The van der Waals surface area contributed by atoms with Crippen LogP contribution in [-0.4, -0.2) is 50.6 Å². The number of thioether (sulfide) groups is 1. The largest absolute Gasteiger partial charge is 0.378 e. The molecule has 3 aromatic rings. The van der Waals surface area contributed by atoms with Crippen molar-refractivity contribution in [2.75, 3.05) is 13.4 Å². The van der Waals surface area contributed by atoms with Gasteiger partial charge in [0.2, 0.25) is 0 Å².